The molecule has 0 spiro atoms. The maximum Gasteiger partial charge on any atom is 0.201 e. The van der Waals surface area contributed by atoms with Crippen LogP contribution in [0.3, 0.4) is 0 Å². The lowest BCUT2D eigenvalue weighted by molar-refractivity contribution is 0.0321. The number of benzene rings is 2. The summed E-state index contributed by atoms with van der Waals surface area (Å²) in [5, 5.41) is 0. The summed E-state index contributed by atoms with van der Waals surface area (Å²) < 4.78 is 54.4. The van der Waals surface area contributed by atoms with Crippen LogP contribution in [-0.2, 0) is 4.74 Å². The highest BCUT2D eigenvalue weighted by Crippen LogP contribution is 2.34. The molecule has 1 saturated heterocycles. The molecular formula is C23H25F3O2. The Morgan fingerprint density at radius 2 is 1.96 bits per heavy atom. The van der Waals surface area contributed by atoms with Gasteiger partial charge in [0.1, 0.15) is 5.82 Å². The molecule has 5 heteroatoms. The molecule has 2 atom stereocenters. The summed E-state index contributed by atoms with van der Waals surface area (Å²) in [4.78, 5) is 0. The van der Waals surface area contributed by atoms with E-state index in [1.807, 2.05) is 6.92 Å². The van der Waals surface area contributed by atoms with Gasteiger partial charge < -0.3 is 9.47 Å². The van der Waals surface area contributed by atoms with Crippen molar-refractivity contribution >= 4 is 0 Å². The van der Waals surface area contributed by atoms with Crippen molar-refractivity contribution in [2.75, 3.05) is 13.2 Å². The van der Waals surface area contributed by atoms with E-state index < -0.39 is 17.5 Å². The minimum Gasteiger partial charge on any atom is -0.490 e. The van der Waals surface area contributed by atoms with Gasteiger partial charge in [-0.1, -0.05) is 31.6 Å². The number of hydrogen-bond acceptors (Lipinski definition) is 2. The fourth-order valence-corrected chi connectivity index (χ4v) is 3.42. The summed E-state index contributed by atoms with van der Waals surface area (Å²) in [5.41, 5.74) is 0.836. The first kappa shape index (κ1) is 20.5. The third kappa shape index (κ3) is 4.41. The summed E-state index contributed by atoms with van der Waals surface area (Å²) >= 11 is 0. The summed E-state index contributed by atoms with van der Waals surface area (Å²) in [7, 11) is 0. The normalized spacial score (nSPS) is 19.4. The molecule has 0 N–H and O–H groups in total. The lowest BCUT2D eigenvalue weighted by Gasteiger charge is -2.27. The van der Waals surface area contributed by atoms with Crippen LogP contribution >= 0.6 is 0 Å². The smallest absolute Gasteiger partial charge is 0.201 e. The third-order valence-electron chi connectivity index (χ3n) is 5.13. The van der Waals surface area contributed by atoms with Crippen molar-refractivity contribution in [3.05, 3.63) is 66.0 Å². The highest BCUT2D eigenvalue weighted by Gasteiger charge is 2.24. The average Bonchev–Trinajstić information content (AvgIpc) is 2.71. The lowest BCUT2D eigenvalue weighted by Crippen LogP contribution is -2.23. The first-order valence-electron chi connectivity index (χ1n) is 9.69. The van der Waals surface area contributed by atoms with E-state index in [-0.39, 0.29) is 23.3 Å². The van der Waals surface area contributed by atoms with Crippen LogP contribution in [0.2, 0.25) is 0 Å². The molecule has 0 saturated carbocycles. The monoisotopic (exact) mass is 390 g/mol. The van der Waals surface area contributed by atoms with E-state index in [0.29, 0.717) is 24.3 Å². The molecule has 1 fully saturated rings. The van der Waals surface area contributed by atoms with Gasteiger partial charge in [-0.3, -0.25) is 0 Å². The Morgan fingerprint density at radius 3 is 2.61 bits per heavy atom. The molecule has 0 bridgehead atoms. The van der Waals surface area contributed by atoms with Gasteiger partial charge in [-0.25, -0.2) is 8.78 Å². The minimum atomic E-state index is -1.05. The second kappa shape index (κ2) is 9.28. The van der Waals surface area contributed by atoms with Crippen LogP contribution in [0.25, 0.3) is 11.1 Å². The second-order valence-corrected chi connectivity index (χ2v) is 7.06. The van der Waals surface area contributed by atoms with Gasteiger partial charge in [-0.15, -0.1) is 6.58 Å². The van der Waals surface area contributed by atoms with Gasteiger partial charge in [0.15, 0.2) is 11.6 Å². The Balaban J connectivity index is 1.80. The predicted octanol–water partition coefficient (Wildman–Crippen LogP) is 6.40. The van der Waals surface area contributed by atoms with E-state index in [4.69, 9.17) is 9.47 Å². The van der Waals surface area contributed by atoms with Crippen LogP contribution in [0.1, 0.15) is 44.1 Å². The topological polar surface area (TPSA) is 18.5 Å². The Bertz CT molecular complexity index is 827. The molecule has 0 aromatic heterocycles. The molecule has 1 heterocycles. The predicted molar refractivity (Wildman–Crippen MR) is 104 cm³/mol. The first-order valence-corrected chi connectivity index (χ1v) is 9.69. The molecule has 2 nitrogen and oxygen atoms in total. The quantitative estimate of drug-likeness (QED) is 0.402. The number of halogens is 3. The molecule has 1 aliphatic rings. The van der Waals surface area contributed by atoms with Crippen molar-refractivity contribution in [2.24, 2.45) is 0 Å². The third-order valence-corrected chi connectivity index (χ3v) is 5.13. The number of unbranched alkanes of at least 4 members (excludes halogenated alkanes) is 1. The van der Waals surface area contributed by atoms with Crippen LogP contribution in [0.15, 0.2) is 43.0 Å². The summed E-state index contributed by atoms with van der Waals surface area (Å²) in [6.45, 7) is 6.44. The molecule has 28 heavy (non-hydrogen) atoms. The number of hydrogen-bond donors (Lipinski definition) is 0. The van der Waals surface area contributed by atoms with Crippen molar-refractivity contribution < 1.29 is 22.6 Å². The van der Waals surface area contributed by atoms with E-state index >= 15 is 0 Å². The van der Waals surface area contributed by atoms with Gasteiger partial charge in [0, 0.05) is 11.5 Å². The maximum atomic E-state index is 14.7. The molecule has 2 aromatic carbocycles. The highest BCUT2D eigenvalue weighted by atomic mass is 19.2. The maximum absolute atomic E-state index is 14.7. The van der Waals surface area contributed by atoms with Gasteiger partial charge >= 0.3 is 0 Å². The molecule has 1 aliphatic heterocycles. The standard InChI is InChI=1S/C23H25F3O2/c1-3-5-12-27-21-11-10-19(22(25)23(21)26)15-7-9-18(20(24)13-15)16-6-8-17(4-2)28-14-16/h4,7,9-11,13,16-17H,2-3,5-6,8,12,14H2,1H3. The minimum absolute atomic E-state index is 0.00807. The molecule has 0 radical (unpaired) electrons. The Morgan fingerprint density at radius 1 is 1.14 bits per heavy atom. The van der Waals surface area contributed by atoms with E-state index in [1.165, 1.54) is 18.2 Å². The Labute approximate surface area is 164 Å². The molecular weight excluding hydrogens is 365 g/mol. The summed E-state index contributed by atoms with van der Waals surface area (Å²) in [6.07, 6.45) is 4.99. The van der Waals surface area contributed by atoms with Crippen LogP contribution in [-0.4, -0.2) is 19.3 Å². The van der Waals surface area contributed by atoms with E-state index in [9.17, 15) is 13.2 Å². The zero-order valence-electron chi connectivity index (χ0n) is 16.0. The average molecular weight is 390 g/mol. The summed E-state index contributed by atoms with van der Waals surface area (Å²) in [6, 6.07) is 7.32. The number of rotatable bonds is 7. The molecule has 0 aliphatic carbocycles. The van der Waals surface area contributed by atoms with E-state index in [0.717, 1.165) is 25.7 Å². The number of ether oxygens (including phenoxy) is 2. The van der Waals surface area contributed by atoms with Gasteiger partial charge in [-0.05, 0) is 48.6 Å². The van der Waals surface area contributed by atoms with Crippen molar-refractivity contribution in [1.29, 1.82) is 0 Å². The van der Waals surface area contributed by atoms with Gasteiger partial charge in [0.2, 0.25) is 5.82 Å². The van der Waals surface area contributed by atoms with Crippen molar-refractivity contribution in [1.82, 2.24) is 0 Å². The molecule has 0 amide bonds. The van der Waals surface area contributed by atoms with E-state index in [2.05, 4.69) is 6.58 Å². The van der Waals surface area contributed by atoms with Gasteiger partial charge in [0.05, 0.1) is 19.3 Å². The van der Waals surface area contributed by atoms with E-state index in [1.54, 1.807) is 18.2 Å². The molecule has 150 valence electrons. The first-order chi connectivity index (χ1) is 13.5. The SMILES string of the molecule is C=CC1CCC(c2ccc(-c3ccc(OCCCC)c(F)c3F)cc2F)CO1. The Kier molecular flexibility index (Phi) is 6.79. The highest BCUT2D eigenvalue weighted by molar-refractivity contribution is 5.66. The van der Waals surface area contributed by atoms with Gasteiger partial charge in [-0.2, -0.15) is 4.39 Å². The van der Waals surface area contributed by atoms with Crippen LogP contribution in [0.5, 0.6) is 5.75 Å². The van der Waals surface area contributed by atoms with Crippen LogP contribution < -0.4 is 4.74 Å². The largest absolute Gasteiger partial charge is 0.490 e. The van der Waals surface area contributed by atoms with Crippen molar-refractivity contribution in [2.45, 2.75) is 44.6 Å². The fraction of sp³-hybridized carbons (Fsp3) is 0.391. The van der Waals surface area contributed by atoms with Crippen molar-refractivity contribution in [3.8, 4) is 16.9 Å². The van der Waals surface area contributed by atoms with Gasteiger partial charge in [0.25, 0.3) is 0 Å². The second-order valence-electron chi connectivity index (χ2n) is 7.06. The molecule has 2 unspecified atom stereocenters. The zero-order valence-corrected chi connectivity index (χ0v) is 16.0. The van der Waals surface area contributed by atoms with Crippen molar-refractivity contribution in [3.63, 3.8) is 0 Å². The summed E-state index contributed by atoms with van der Waals surface area (Å²) in [5.74, 6) is -2.69. The lowest BCUT2D eigenvalue weighted by atomic mass is 9.89. The molecule has 2 aromatic rings. The zero-order chi connectivity index (χ0) is 20.1. The fourth-order valence-electron chi connectivity index (χ4n) is 3.42. The Hall–Kier alpha value is -2.27. The molecule has 3 rings (SSSR count). The van der Waals surface area contributed by atoms with Crippen LogP contribution in [0.4, 0.5) is 13.2 Å². The van der Waals surface area contributed by atoms with Crippen LogP contribution in [0, 0.1) is 17.5 Å².